The van der Waals surface area contributed by atoms with Crippen molar-refractivity contribution in [3.05, 3.63) is 72.1 Å². The lowest BCUT2D eigenvalue weighted by molar-refractivity contribution is -0.122. The topological polar surface area (TPSA) is 107 Å². The number of hydrogen-bond donors (Lipinski definition) is 1. The number of ether oxygens (including phenoxy) is 2. The minimum atomic E-state index is -0.543. The number of piperidine rings is 1. The van der Waals surface area contributed by atoms with E-state index in [9.17, 15) is 9.59 Å². The van der Waals surface area contributed by atoms with Gasteiger partial charge in [0.2, 0.25) is 11.8 Å². The Bertz CT molecular complexity index is 1770. The van der Waals surface area contributed by atoms with Gasteiger partial charge in [0.05, 0.1) is 11.3 Å². The Morgan fingerprint density at radius 2 is 1.83 bits per heavy atom. The number of fused-ring (bicyclic) bond motifs is 1. The monoisotopic (exact) mass is 635 g/mol. The van der Waals surface area contributed by atoms with E-state index in [1.165, 1.54) is 0 Å². The SMILES string of the molecule is Cc1ccc2c(CC(=O)C3CCC(C)C3)cccc2c1Oc1ncccc1-c1ccnc(N[C@H]2CCCN(C(=O)OC(C)(C)C)C2)n1. The van der Waals surface area contributed by atoms with E-state index in [1.54, 1.807) is 17.3 Å². The van der Waals surface area contributed by atoms with Crippen molar-refractivity contribution in [3.63, 3.8) is 0 Å². The second-order valence-electron chi connectivity index (χ2n) is 14.1. The van der Waals surface area contributed by atoms with Crippen LogP contribution in [0.3, 0.4) is 0 Å². The van der Waals surface area contributed by atoms with Gasteiger partial charge in [-0.3, -0.25) is 4.79 Å². The first-order chi connectivity index (χ1) is 22.5. The molecule has 6 rings (SSSR count). The average Bonchev–Trinajstić information content (AvgIpc) is 3.48. The summed E-state index contributed by atoms with van der Waals surface area (Å²) in [6.45, 7) is 11.1. The zero-order chi connectivity index (χ0) is 33.1. The third-order valence-corrected chi connectivity index (χ3v) is 9.12. The predicted molar refractivity (Wildman–Crippen MR) is 184 cm³/mol. The molecule has 2 aliphatic rings. The van der Waals surface area contributed by atoms with Gasteiger partial charge in [-0.25, -0.2) is 19.7 Å². The number of amides is 1. The smallest absolute Gasteiger partial charge is 0.410 e. The predicted octanol–water partition coefficient (Wildman–Crippen LogP) is 8.15. The third-order valence-electron chi connectivity index (χ3n) is 9.12. The van der Waals surface area contributed by atoms with Crippen LogP contribution >= 0.6 is 0 Å². The molecule has 9 heteroatoms. The van der Waals surface area contributed by atoms with E-state index in [2.05, 4.69) is 34.3 Å². The van der Waals surface area contributed by atoms with Gasteiger partial charge in [0.1, 0.15) is 17.1 Å². The van der Waals surface area contributed by atoms with E-state index in [1.807, 2.05) is 64.1 Å². The Hall–Kier alpha value is -4.53. The number of pyridine rings is 1. The van der Waals surface area contributed by atoms with E-state index < -0.39 is 5.60 Å². The molecule has 1 aliphatic carbocycles. The fourth-order valence-corrected chi connectivity index (χ4v) is 6.74. The maximum Gasteiger partial charge on any atom is 0.410 e. The van der Waals surface area contributed by atoms with Gasteiger partial charge in [0.15, 0.2) is 0 Å². The van der Waals surface area contributed by atoms with Gasteiger partial charge in [-0.15, -0.1) is 0 Å². The summed E-state index contributed by atoms with van der Waals surface area (Å²) in [4.78, 5) is 41.6. The molecule has 1 aliphatic heterocycles. The molecular weight excluding hydrogens is 590 g/mol. The summed E-state index contributed by atoms with van der Waals surface area (Å²) >= 11 is 0. The van der Waals surface area contributed by atoms with Crippen LogP contribution in [-0.4, -0.2) is 56.5 Å². The molecule has 2 aromatic carbocycles. The summed E-state index contributed by atoms with van der Waals surface area (Å²) < 4.78 is 12.2. The maximum absolute atomic E-state index is 13.2. The first-order valence-corrected chi connectivity index (χ1v) is 16.8. The molecule has 9 nitrogen and oxygen atoms in total. The molecule has 0 bridgehead atoms. The molecule has 1 saturated heterocycles. The van der Waals surface area contributed by atoms with Gasteiger partial charge < -0.3 is 19.7 Å². The van der Waals surface area contributed by atoms with Crippen LogP contribution in [0, 0.1) is 18.8 Å². The Morgan fingerprint density at radius 3 is 2.62 bits per heavy atom. The molecule has 0 radical (unpaired) electrons. The van der Waals surface area contributed by atoms with Crippen LogP contribution in [0.4, 0.5) is 10.7 Å². The summed E-state index contributed by atoms with van der Waals surface area (Å²) in [6, 6.07) is 15.9. The first-order valence-electron chi connectivity index (χ1n) is 16.8. The summed E-state index contributed by atoms with van der Waals surface area (Å²) in [5.74, 6) is 2.73. The highest BCUT2D eigenvalue weighted by molar-refractivity contribution is 5.95. The molecule has 4 aromatic rings. The molecule has 2 fully saturated rings. The van der Waals surface area contributed by atoms with Crippen molar-refractivity contribution in [2.75, 3.05) is 18.4 Å². The number of carbonyl (C=O) groups is 2. The van der Waals surface area contributed by atoms with Crippen molar-refractivity contribution in [1.82, 2.24) is 19.9 Å². The highest BCUT2D eigenvalue weighted by Gasteiger charge is 2.29. The number of aryl methyl sites for hydroxylation is 1. The molecule has 0 spiro atoms. The number of anilines is 1. The zero-order valence-electron chi connectivity index (χ0n) is 28.1. The second kappa shape index (κ2) is 13.7. The summed E-state index contributed by atoms with van der Waals surface area (Å²) in [5.41, 5.74) is 2.85. The highest BCUT2D eigenvalue weighted by Crippen LogP contribution is 2.38. The number of aromatic nitrogens is 3. The number of ketones is 1. The largest absolute Gasteiger partial charge is 0.444 e. The van der Waals surface area contributed by atoms with Gasteiger partial charge >= 0.3 is 6.09 Å². The van der Waals surface area contributed by atoms with Crippen LogP contribution in [0.1, 0.15) is 70.9 Å². The van der Waals surface area contributed by atoms with E-state index in [0.29, 0.717) is 54.5 Å². The van der Waals surface area contributed by atoms with E-state index in [0.717, 1.165) is 59.6 Å². The van der Waals surface area contributed by atoms with Gasteiger partial charge in [-0.05, 0) is 100 Å². The molecule has 1 saturated carbocycles. The highest BCUT2D eigenvalue weighted by atomic mass is 16.6. The molecule has 47 heavy (non-hydrogen) atoms. The molecule has 2 aromatic heterocycles. The molecule has 3 heterocycles. The number of hydrogen-bond acceptors (Lipinski definition) is 8. The first kappa shape index (κ1) is 32.4. The number of nitrogens with one attached hydrogen (secondary N) is 1. The molecule has 246 valence electrons. The van der Waals surface area contributed by atoms with E-state index in [-0.39, 0.29) is 18.1 Å². The van der Waals surface area contributed by atoms with Crippen LogP contribution in [0.25, 0.3) is 22.0 Å². The summed E-state index contributed by atoms with van der Waals surface area (Å²) in [6.07, 6.45) is 8.41. The molecule has 1 amide bonds. The van der Waals surface area contributed by atoms with E-state index in [4.69, 9.17) is 14.5 Å². The number of nitrogens with zero attached hydrogens (tertiary/aromatic N) is 4. The lowest BCUT2D eigenvalue weighted by Gasteiger charge is -2.34. The molecule has 3 atom stereocenters. The van der Waals surface area contributed by atoms with Crippen LogP contribution < -0.4 is 10.1 Å². The quantitative estimate of drug-likeness (QED) is 0.207. The second-order valence-corrected chi connectivity index (χ2v) is 14.1. The van der Waals surface area contributed by atoms with Crippen molar-refractivity contribution < 1.29 is 19.1 Å². The van der Waals surface area contributed by atoms with Crippen molar-refractivity contribution in [1.29, 1.82) is 0 Å². The van der Waals surface area contributed by atoms with Gasteiger partial charge in [-0.2, -0.15) is 0 Å². The minimum Gasteiger partial charge on any atom is -0.444 e. The fourth-order valence-electron chi connectivity index (χ4n) is 6.74. The molecular formula is C38H45N5O4. The zero-order valence-corrected chi connectivity index (χ0v) is 28.1. The Kier molecular flexibility index (Phi) is 9.43. The molecule has 2 unspecified atom stereocenters. The molecule has 1 N–H and O–H groups in total. The average molecular weight is 636 g/mol. The standard InChI is InChI=1S/C38H45N5O4/c1-24-13-15-27(21-24)33(44)22-26-9-6-11-30-29(26)16-14-25(2)34(30)46-35-31(12-7-18-39-35)32-17-19-40-36(42-32)41-28-10-8-20-43(23-28)37(45)47-38(3,4)5/h6-7,9,11-12,14,16-19,24,27-28H,8,10,13,15,20-23H2,1-5H3,(H,40,41,42)/t24?,27?,28-/m0/s1. The van der Waals surface area contributed by atoms with E-state index >= 15 is 0 Å². The number of carbonyl (C=O) groups excluding carboxylic acids is 2. The number of Topliss-reactive ketones (excluding diaryl/α,β-unsaturated/α-hetero) is 1. The van der Waals surface area contributed by atoms with Crippen molar-refractivity contribution in [2.24, 2.45) is 11.8 Å². The normalized spacial score (nSPS) is 19.9. The van der Waals surface area contributed by atoms with Gasteiger partial charge in [0.25, 0.3) is 0 Å². The van der Waals surface area contributed by atoms with Crippen molar-refractivity contribution >= 4 is 28.6 Å². The number of benzene rings is 2. The number of likely N-dealkylation sites (tertiary alicyclic amines) is 1. The fraction of sp³-hybridized carbons (Fsp3) is 0.447. The van der Waals surface area contributed by atoms with Gasteiger partial charge in [0, 0.05) is 49.2 Å². The Labute approximate surface area is 277 Å². The number of rotatable bonds is 8. The minimum absolute atomic E-state index is 0.00684. The summed E-state index contributed by atoms with van der Waals surface area (Å²) in [5, 5.41) is 5.39. The third kappa shape index (κ3) is 7.72. The lowest BCUT2D eigenvalue weighted by atomic mass is 9.92. The maximum atomic E-state index is 13.2. The lowest BCUT2D eigenvalue weighted by Crippen LogP contribution is -2.47. The Morgan fingerprint density at radius 1 is 0.979 bits per heavy atom. The van der Waals surface area contributed by atoms with Crippen LogP contribution in [0.5, 0.6) is 11.6 Å². The van der Waals surface area contributed by atoms with Crippen LogP contribution in [-0.2, 0) is 16.0 Å². The Balaban J connectivity index is 1.22. The van der Waals surface area contributed by atoms with Crippen LogP contribution in [0.15, 0.2) is 60.9 Å². The van der Waals surface area contributed by atoms with Crippen LogP contribution in [0.2, 0.25) is 0 Å². The summed E-state index contributed by atoms with van der Waals surface area (Å²) in [7, 11) is 0. The van der Waals surface area contributed by atoms with Crippen molar-refractivity contribution in [3.8, 4) is 22.9 Å². The van der Waals surface area contributed by atoms with Crippen molar-refractivity contribution in [2.45, 2.75) is 84.8 Å². The van der Waals surface area contributed by atoms with Gasteiger partial charge in [-0.1, -0.05) is 37.3 Å².